The second-order valence-corrected chi connectivity index (χ2v) is 6.59. The van der Waals surface area contributed by atoms with Gasteiger partial charge in [-0.1, -0.05) is 0 Å². The van der Waals surface area contributed by atoms with Gasteiger partial charge in [0, 0.05) is 0 Å². The molecule has 4 aliphatic carbocycles. The molecule has 90 valence electrons. The van der Waals surface area contributed by atoms with E-state index in [0.717, 1.165) is 32.2 Å². The molecule has 0 amide bonds. The molecule has 2 atom stereocenters. The van der Waals surface area contributed by atoms with Crippen LogP contribution in [0.1, 0.15) is 44.9 Å². The molecule has 4 fully saturated rings. The van der Waals surface area contributed by atoms with Crippen molar-refractivity contribution in [2.75, 3.05) is 6.54 Å². The monoisotopic (exact) mass is 223 g/mol. The zero-order valence-corrected chi connectivity index (χ0v) is 9.74. The molecular formula is C13H21NO2. The van der Waals surface area contributed by atoms with E-state index in [0.29, 0.717) is 11.8 Å². The third-order valence-corrected chi connectivity index (χ3v) is 5.31. The van der Waals surface area contributed by atoms with Gasteiger partial charge in [0.05, 0.1) is 5.41 Å². The third-order valence-electron chi connectivity index (χ3n) is 5.31. The normalized spacial score (nSPS) is 49.6. The average molecular weight is 223 g/mol. The second kappa shape index (κ2) is 3.22. The summed E-state index contributed by atoms with van der Waals surface area (Å²) in [7, 11) is 0. The van der Waals surface area contributed by atoms with E-state index in [4.69, 9.17) is 5.73 Å². The summed E-state index contributed by atoms with van der Waals surface area (Å²) in [6.45, 7) is 0.717. The summed E-state index contributed by atoms with van der Waals surface area (Å²) in [5.74, 6) is 0.802. The molecule has 0 aromatic rings. The van der Waals surface area contributed by atoms with E-state index < -0.39 is 5.97 Å². The Morgan fingerprint density at radius 1 is 1.25 bits per heavy atom. The van der Waals surface area contributed by atoms with Crippen molar-refractivity contribution in [1.29, 1.82) is 0 Å². The fourth-order valence-corrected chi connectivity index (χ4v) is 5.30. The Labute approximate surface area is 96.4 Å². The van der Waals surface area contributed by atoms with E-state index >= 15 is 0 Å². The number of carboxylic acid groups (broad SMARTS) is 1. The Morgan fingerprint density at radius 2 is 1.88 bits per heavy atom. The number of rotatable bonds is 3. The van der Waals surface area contributed by atoms with Gasteiger partial charge in [-0.05, 0) is 68.7 Å². The number of carbonyl (C=O) groups is 1. The first-order valence-electron chi connectivity index (χ1n) is 6.51. The standard InChI is InChI=1S/C13H21NO2/c14-2-1-12-4-9-3-10(5-12)7-13(6-9,8-12)11(15)16/h9-10H,1-8,14H2,(H,15,16)/t9-,10-,12?,13?/m1/s1. The molecule has 0 aromatic heterocycles. The molecule has 0 unspecified atom stereocenters. The zero-order valence-electron chi connectivity index (χ0n) is 9.74. The lowest BCUT2D eigenvalue weighted by molar-refractivity contribution is -0.175. The van der Waals surface area contributed by atoms with E-state index in [1.807, 2.05) is 0 Å². The van der Waals surface area contributed by atoms with Crippen LogP contribution in [0.5, 0.6) is 0 Å². The second-order valence-electron chi connectivity index (χ2n) is 6.59. The van der Waals surface area contributed by atoms with Crippen LogP contribution >= 0.6 is 0 Å². The van der Waals surface area contributed by atoms with Crippen LogP contribution in [0.25, 0.3) is 0 Å². The molecular weight excluding hydrogens is 202 g/mol. The van der Waals surface area contributed by atoms with Gasteiger partial charge in [0.2, 0.25) is 0 Å². The van der Waals surface area contributed by atoms with Gasteiger partial charge in [-0.15, -0.1) is 0 Å². The van der Waals surface area contributed by atoms with Crippen molar-refractivity contribution in [3.05, 3.63) is 0 Å². The van der Waals surface area contributed by atoms with Crippen LogP contribution in [0.4, 0.5) is 0 Å². The van der Waals surface area contributed by atoms with Gasteiger partial charge in [-0.25, -0.2) is 0 Å². The summed E-state index contributed by atoms with van der Waals surface area (Å²) in [4.78, 5) is 11.6. The van der Waals surface area contributed by atoms with E-state index in [-0.39, 0.29) is 10.8 Å². The van der Waals surface area contributed by atoms with Crippen LogP contribution in [0.3, 0.4) is 0 Å². The first-order valence-corrected chi connectivity index (χ1v) is 6.51. The summed E-state index contributed by atoms with van der Waals surface area (Å²) in [5, 5.41) is 9.53. The number of nitrogens with two attached hydrogens (primary N) is 1. The minimum Gasteiger partial charge on any atom is -0.481 e. The fraction of sp³-hybridized carbons (Fsp3) is 0.923. The highest BCUT2D eigenvalue weighted by Crippen LogP contribution is 2.66. The maximum atomic E-state index is 11.6. The van der Waals surface area contributed by atoms with Gasteiger partial charge < -0.3 is 10.8 Å². The van der Waals surface area contributed by atoms with Crippen molar-refractivity contribution >= 4 is 5.97 Å². The van der Waals surface area contributed by atoms with Crippen molar-refractivity contribution in [2.24, 2.45) is 28.4 Å². The van der Waals surface area contributed by atoms with Crippen molar-refractivity contribution in [3.8, 4) is 0 Å². The van der Waals surface area contributed by atoms with Crippen molar-refractivity contribution < 1.29 is 9.90 Å². The van der Waals surface area contributed by atoms with Crippen LogP contribution < -0.4 is 5.73 Å². The SMILES string of the molecule is NCCC12C[C@H]3C[C@H](C1)CC(C(=O)O)(C3)C2. The van der Waals surface area contributed by atoms with E-state index in [9.17, 15) is 9.90 Å². The predicted octanol–water partition coefficient (Wildman–Crippen LogP) is 2.01. The van der Waals surface area contributed by atoms with Gasteiger partial charge in [0.1, 0.15) is 0 Å². The maximum absolute atomic E-state index is 11.6. The van der Waals surface area contributed by atoms with Gasteiger partial charge in [-0.2, -0.15) is 0 Å². The smallest absolute Gasteiger partial charge is 0.309 e. The lowest BCUT2D eigenvalue weighted by Crippen LogP contribution is -2.55. The highest BCUT2D eigenvalue weighted by atomic mass is 16.4. The van der Waals surface area contributed by atoms with Crippen LogP contribution in [-0.4, -0.2) is 17.6 Å². The topological polar surface area (TPSA) is 63.3 Å². The zero-order chi connectivity index (χ0) is 11.4. The Hall–Kier alpha value is -0.570. The number of aliphatic carboxylic acids is 1. The van der Waals surface area contributed by atoms with Gasteiger partial charge in [0.25, 0.3) is 0 Å². The van der Waals surface area contributed by atoms with E-state index in [1.165, 1.54) is 19.3 Å². The maximum Gasteiger partial charge on any atom is 0.309 e. The summed E-state index contributed by atoms with van der Waals surface area (Å²) in [5.41, 5.74) is 5.63. The molecule has 4 rings (SSSR count). The van der Waals surface area contributed by atoms with Crippen molar-refractivity contribution in [2.45, 2.75) is 44.9 Å². The lowest BCUT2D eigenvalue weighted by Gasteiger charge is -2.60. The molecule has 16 heavy (non-hydrogen) atoms. The summed E-state index contributed by atoms with van der Waals surface area (Å²) >= 11 is 0. The molecule has 4 aliphatic rings. The number of carboxylic acids is 1. The summed E-state index contributed by atoms with van der Waals surface area (Å²) < 4.78 is 0. The molecule has 0 radical (unpaired) electrons. The van der Waals surface area contributed by atoms with Gasteiger partial charge >= 0.3 is 5.97 Å². The van der Waals surface area contributed by atoms with Crippen LogP contribution in [0.2, 0.25) is 0 Å². The first-order chi connectivity index (χ1) is 7.57. The molecule has 0 saturated heterocycles. The predicted molar refractivity (Wildman–Crippen MR) is 60.9 cm³/mol. The van der Waals surface area contributed by atoms with Gasteiger partial charge in [0.15, 0.2) is 0 Å². The van der Waals surface area contributed by atoms with E-state index in [2.05, 4.69) is 0 Å². The van der Waals surface area contributed by atoms with Gasteiger partial charge in [-0.3, -0.25) is 4.79 Å². The molecule has 0 heterocycles. The molecule has 3 heteroatoms. The molecule has 0 aromatic carbocycles. The van der Waals surface area contributed by atoms with Crippen LogP contribution in [0, 0.1) is 22.7 Å². The average Bonchev–Trinajstić information content (AvgIpc) is 2.14. The first kappa shape index (κ1) is 10.6. The highest BCUT2D eigenvalue weighted by Gasteiger charge is 2.60. The lowest BCUT2D eigenvalue weighted by atomic mass is 9.43. The largest absolute Gasteiger partial charge is 0.481 e. The quantitative estimate of drug-likeness (QED) is 0.769. The third kappa shape index (κ3) is 1.33. The van der Waals surface area contributed by atoms with Crippen LogP contribution in [-0.2, 0) is 4.79 Å². The van der Waals surface area contributed by atoms with Crippen LogP contribution in [0.15, 0.2) is 0 Å². The molecule has 0 spiro atoms. The Balaban J connectivity index is 1.93. The van der Waals surface area contributed by atoms with Crippen molar-refractivity contribution in [1.82, 2.24) is 0 Å². The summed E-state index contributed by atoms with van der Waals surface area (Å²) in [6, 6.07) is 0. The molecule has 3 nitrogen and oxygen atoms in total. The minimum atomic E-state index is -0.539. The van der Waals surface area contributed by atoms with Crippen molar-refractivity contribution in [3.63, 3.8) is 0 Å². The number of hydrogen-bond acceptors (Lipinski definition) is 2. The van der Waals surface area contributed by atoms with E-state index in [1.54, 1.807) is 0 Å². The Kier molecular flexibility index (Phi) is 2.13. The molecule has 4 saturated carbocycles. The molecule has 4 bridgehead atoms. The molecule has 0 aliphatic heterocycles. The number of hydrogen-bond donors (Lipinski definition) is 2. The Morgan fingerprint density at radius 3 is 2.38 bits per heavy atom. The fourth-order valence-electron chi connectivity index (χ4n) is 5.30. The molecule has 3 N–H and O–H groups in total. The summed E-state index contributed by atoms with van der Waals surface area (Å²) in [6.07, 6.45) is 7.58. The minimum absolute atomic E-state index is 0.289. The highest BCUT2D eigenvalue weighted by molar-refractivity contribution is 5.75. The Bertz CT molecular complexity index is 312.